The number of benzene rings is 1. The van der Waals surface area contributed by atoms with Gasteiger partial charge in [-0.25, -0.2) is 4.79 Å². The van der Waals surface area contributed by atoms with E-state index >= 15 is 0 Å². The molecule has 0 unspecified atom stereocenters. The van der Waals surface area contributed by atoms with Crippen molar-refractivity contribution >= 4 is 10.1 Å². The molecule has 0 atom stereocenters. The SMILES string of the molecule is Cc1ccc(S(=O)(=O)OCCn2cc(C#N)c(=O)[nH]c2=O)cc1. The Morgan fingerprint density at radius 2 is 1.91 bits per heavy atom. The molecule has 0 aliphatic heterocycles. The minimum atomic E-state index is -3.94. The van der Waals surface area contributed by atoms with E-state index in [0.717, 1.165) is 16.3 Å². The van der Waals surface area contributed by atoms with Gasteiger partial charge < -0.3 is 0 Å². The van der Waals surface area contributed by atoms with Crippen molar-refractivity contribution in [2.45, 2.75) is 18.4 Å². The number of hydrogen-bond acceptors (Lipinski definition) is 6. The molecule has 2 aromatic rings. The van der Waals surface area contributed by atoms with Crippen molar-refractivity contribution < 1.29 is 12.6 Å². The molecule has 0 saturated carbocycles. The molecule has 120 valence electrons. The first-order chi connectivity index (χ1) is 10.8. The summed E-state index contributed by atoms with van der Waals surface area (Å²) in [6, 6.07) is 7.76. The Labute approximate surface area is 131 Å². The van der Waals surface area contributed by atoms with Gasteiger partial charge in [-0.05, 0) is 19.1 Å². The van der Waals surface area contributed by atoms with Crippen LogP contribution in [0.15, 0.2) is 44.9 Å². The third-order valence-corrected chi connectivity index (χ3v) is 4.34. The van der Waals surface area contributed by atoms with Crippen LogP contribution in [-0.2, 0) is 20.8 Å². The second kappa shape index (κ2) is 6.60. The molecule has 1 aromatic carbocycles. The van der Waals surface area contributed by atoms with Gasteiger partial charge in [0.2, 0.25) is 0 Å². The quantitative estimate of drug-likeness (QED) is 0.775. The summed E-state index contributed by atoms with van der Waals surface area (Å²) in [6.07, 6.45) is 1.06. The molecular formula is C14H13N3O5S. The van der Waals surface area contributed by atoms with Gasteiger partial charge in [-0.1, -0.05) is 17.7 Å². The summed E-state index contributed by atoms with van der Waals surface area (Å²) in [7, 11) is -3.94. The molecule has 8 nitrogen and oxygen atoms in total. The fraction of sp³-hybridized carbons (Fsp3) is 0.214. The van der Waals surface area contributed by atoms with Gasteiger partial charge in [-0.15, -0.1) is 0 Å². The zero-order chi connectivity index (χ0) is 17.0. The molecular weight excluding hydrogens is 322 g/mol. The van der Waals surface area contributed by atoms with Crippen molar-refractivity contribution in [2.24, 2.45) is 0 Å². The van der Waals surface area contributed by atoms with E-state index in [9.17, 15) is 18.0 Å². The van der Waals surface area contributed by atoms with Crippen LogP contribution in [0.25, 0.3) is 0 Å². The Morgan fingerprint density at radius 1 is 1.26 bits per heavy atom. The zero-order valence-corrected chi connectivity index (χ0v) is 13.0. The van der Waals surface area contributed by atoms with Crippen LogP contribution in [0.5, 0.6) is 0 Å². The third kappa shape index (κ3) is 3.94. The molecule has 0 amide bonds. The lowest BCUT2D eigenvalue weighted by atomic mass is 10.2. The number of hydrogen-bond donors (Lipinski definition) is 1. The van der Waals surface area contributed by atoms with E-state index in [0.29, 0.717) is 0 Å². The van der Waals surface area contributed by atoms with Gasteiger partial charge in [0, 0.05) is 6.20 Å². The second-order valence-electron chi connectivity index (χ2n) is 4.70. The van der Waals surface area contributed by atoms with Crippen molar-refractivity contribution in [3.63, 3.8) is 0 Å². The van der Waals surface area contributed by atoms with Gasteiger partial charge in [0.05, 0.1) is 18.0 Å². The van der Waals surface area contributed by atoms with Crippen molar-refractivity contribution in [1.82, 2.24) is 9.55 Å². The molecule has 0 saturated heterocycles. The van der Waals surface area contributed by atoms with Gasteiger partial charge >= 0.3 is 5.69 Å². The van der Waals surface area contributed by atoms with Crippen LogP contribution >= 0.6 is 0 Å². The number of aryl methyl sites for hydroxylation is 1. The average Bonchev–Trinajstić information content (AvgIpc) is 2.50. The van der Waals surface area contributed by atoms with Gasteiger partial charge in [-0.3, -0.25) is 18.5 Å². The van der Waals surface area contributed by atoms with E-state index in [1.807, 2.05) is 11.9 Å². The Bertz CT molecular complexity index is 965. The first-order valence-corrected chi connectivity index (χ1v) is 7.94. The van der Waals surface area contributed by atoms with Gasteiger partial charge in [0.25, 0.3) is 15.7 Å². The fourth-order valence-corrected chi connectivity index (χ4v) is 2.67. The number of aromatic amines is 1. The highest BCUT2D eigenvalue weighted by molar-refractivity contribution is 7.86. The third-order valence-electron chi connectivity index (χ3n) is 3.01. The normalized spacial score (nSPS) is 11.1. The Kier molecular flexibility index (Phi) is 4.78. The summed E-state index contributed by atoms with van der Waals surface area (Å²) in [5.41, 5.74) is -0.869. The second-order valence-corrected chi connectivity index (χ2v) is 6.31. The molecule has 0 aliphatic rings. The van der Waals surface area contributed by atoms with E-state index in [4.69, 9.17) is 9.44 Å². The van der Waals surface area contributed by atoms with E-state index < -0.39 is 21.4 Å². The fourth-order valence-electron chi connectivity index (χ4n) is 1.77. The number of nitriles is 1. The summed E-state index contributed by atoms with van der Waals surface area (Å²) in [5.74, 6) is 0. The molecule has 0 fully saturated rings. The number of rotatable bonds is 5. The van der Waals surface area contributed by atoms with Crippen molar-refractivity contribution in [2.75, 3.05) is 6.61 Å². The first-order valence-electron chi connectivity index (χ1n) is 6.53. The largest absolute Gasteiger partial charge is 0.328 e. The van der Waals surface area contributed by atoms with Crippen molar-refractivity contribution in [3.05, 3.63) is 62.4 Å². The van der Waals surface area contributed by atoms with Gasteiger partial charge in [0.15, 0.2) is 0 Å². The smallest absolute Gasteiger partial charge is 0.297 e. The highest BCUT2D eigenvalue weighted by Gasteiger charge is 2.15. The summed E-state index contributed by atoms with van der Waals surface area (Å²) in [4.78, 5) is 24.8. The topological polar surface area (TPSA) is 122 Å². The molecule has 1 N–H and O–H groups in total. The molecule has 0 spiro atoms. The molecule has 2 rings (SSSR count). The van der Waals surface area contributed by atoms with Crippen LogP contribution in [0.1, 0.15) is 11.1 Å². The minimum absolute atomic E-state index is 0.00892. The standard InChI is InChI=1S/C14H13N3O5S/c1-10-2-4-12(5-3-10)23(20,21)22-7-6-17-9-11(8-15)13(18)16-14(17)19/h2-5,9H,6-7H2,1H3,(H,16,18,19). The maximum Gasteiger partial charge on any atom is 0.328 e. The number of H-pyrrole nitrogens is 1. The van der Waals surface area contributed by atoms with Crippen LogP contribution in [0.4, 0.5) is 0 Å². The number of aromatic nitrogens is 2. The van der Waals surface area contributed by atoms with E-state index in [1.165, 1.54) is 12.1 Å². The summed E-state index contributed by atoms with van der Waals surface area (Å²) >= 11 is 0. The Hall–Kier alpha value is -2.70. The van der Waals surface area contributed by atoms with E-state index in [2.05, 4.69) is 0 Å². The summed E-state index contributed by atoms with van der Waals surface area (Å²) in [6.45, 7) is 1.38. The molecule has 9 heteroatoms. The molecule has 0 aliphatic carbocycles. The Balaban J connectivity index is 2.11. The van der Waals surface area contributed by atoms with Crippen LogP contribution in [0.3, 0.4) is 0 Å². The zero-order valence-electron chi connectivity index (χ0n) is 12.1. The van der Waals surface area contributed by atoms with Crippen LogP contribution in [0, 0.1) is 18.3 Å². The van der Waals surface area contributed by atoms with Crippen molar-refractivity contribution in [1.29, 1.82) is 5.26 Å². The summed E-state index contributed by atoms with van der Waals surface area (Å²) in [5, 5.41) is 8.75. The first kappa shape index (κ1) is 16.7. The lowest BCUT2D eigenvalue weighted by Crippen LogP contribution is -2.32. The lowest BCUT2D eigenvalue weighted by molar-refractivity contribution is 0.297. The van der Waals surface area contributed by atoms with Gasteiger partial charge in [-0.2, -0.15) is 13.7 Å². The molecule has 0 bridgehead atoms. The molecule has 1 aromatic heterocycles. The van der Waals surface area contributed by atoms with Crippen LogP contribution in [-0.4, -0.2) is 24.6 Å². The highest BCUT2D eigenvalue weighted by atomic mass is 32.2. The molecule has 23 heavy (non-hydrogen) atoms. The lowest BCUT2D eigenvalue weighted by Gasteiger charge is -2.07. The molecule has 1 heterocycles. The monoisotopic (exact) mass is 335 g/mol. The maximum atomic E-state index is 12.0. The predicted octanol–water partition coefficient (Wildman–Crippen LogP) is 0.122. The predicted molar refractivity (Wildman–Crippen MR) is 80.4 cm³/mol. The number of nitrogens with zero attached hydrogens (tertiary/aromatic N) is 2. The molecule has 0 radical (unpaired) electrons. The average molecular weight is 335 g/mol. The highest BCUT2D eigenvalue weighted by Crippen LogP contribution is 2.13. The van der Waals surface area contributed by atoms with Crippen molar-refractivity contribution in [3.8, 4) is 6.07 Å². The Morgan fingerprint density at radius 3 is 2.52 bits per heavy atom. The maximum absolute atomic E-state index is 12.0. The number of nitrogens with one attached hydrogen (secondary N) is 1. The van der Waals surface area contributed by atoms with E-state index in [-0.39, 0.29) is 23.6 Å². The van der Waals surface area contributed by atoms with Crippen LogP contribution in [0.2, 0.25) is 0 Å². The summed E-state index contributed by atoms with van der Waals surface area (Å²) < 4.78 is 29.8. The van der Waals surface area contributed by atoms with Gasteiger partial charge in [0.1, 0.15) is 11.6 Å². The van der Waals surface area contributed by atoms with Crippen LogP contribution < -0.4 is 11.2 Å². The minimum Gasteiger partial charge on any atom is -0.297 e. The van der Waals surface area contributed by atoms with E-state index in [1.54, 1.807) is 18.2 Å².